The van der Waals surface area contributed by atoms with E-state index in [1.807, 2.05) is 0 Å². The Bertz CT molecular complexity index is 589. The third-order valence-electron chi connectivity index (χ3n) is 4.30. The molecule has 0 N–H and O–H groups in total. The van der Waals surface area contributed by atoms with Crippen LogP contribution in [-0.2, 0) is 14.9 Å². The number of carbonyl (C=O) groups is 2. The molecule has 0 saturated carbocycles. The fourth-order valence-corrected chi connectivity index (χ4v) is 2.83. The number of methoxy groups -OCH3 is 1. The molecule has 1 aromatic carbocycles. The van der Waals surface area contributed by atoms with Gasteiger partial charge in [-0.2, -0.15) is 0 Å². The maximum Gasteiger partial charge on any atom is 0.409 e. The van der Waals surface area contributed by atoms with Crippen LogP contribution in [-0.4, -0.2) is 55.1 Å². The fraction of sp³-hybridized carbons (Fsp3) is 0.529. The van der Waals surface area contributed by atoms with Crippen LogP contribution in [0.15, 0.2) is 24.3 Å². The van der Waals surface area contributed by atoms with Crippen molar-refractivity contribution in [2.24, 2.45) is 0 Å². The van der Waals surface area contributed by atoms with Gasteiger partial charge in [0, 0.05) is 26.2 Å². The summed E-state index contributed by atoms with van der Waals surface area (Å²) >= 11 is 0. The molecular weight excluding hydrogens is 299 g/mol. The van der Waals surface area contributed by atoms with E-state index < -0.39 is 5.41 Å². The molecule has 1 saturated heterocycles. The zero-order valence-electron chi connectivity index (χ0n) is 13.8. The van der Waals surface area contributed by atoms with Gasteiger partial charge in [-0.15, -0.1) is 0 Å². The molecule has 0 unspecified atom stereocenters. The molecule has 0 spiro atoms. The van der Waals surface area contributed by atoms with E-state index in [0.29, 0.717) is 38.2 Å². The van der Waals surface area contributed by atoms with Crippen LogP contribution in [0.3, 0.4) is 0 Å². The second-order valence-electron chi connectivity index (χ2n) is 6.24. The van der Waals surface area contributed by atoms with Gasteiger partial charge in [-0.25, -0.2) is 9.18 Å². The number of halogens is 1. The lowest BCUT2D eigenvalue weighted by atomic mass is 9.83. The number of hydrogen-bond donors (Lipinski definition) is 0. The molecule has 0 radical (unpaired) electrons. The topological polar surface area (TPSA) is 49.9 Å². The molecule has 1 heterocycles. The van der Waals surface area contributed by atoms with E-state index in [2.05, 4.69) is 0 Å². The van der Waals surface area contributed by atoms with Crippen LogP contribution in [0.2, 0.25) is 0 Å². The lowest BCUT2D eigenvalue weighted by Gasteiger charge is -2.31. The van der Waals surface area contributed by atoms with Crippen LogP contribution in [0.4, 0.5) is 9.18 Å². The van der Waals surface area contributed by atoms with E-state index in [-0.39, 0.29) is 17.8 Å². The lowest BCUT2D eigenvalue weighted by molar-refractivity contribution is -0.136. The Labute approximate surface area is 136 Å². The summed E-state index contributed by atoms with van der Waals surface area (Å²) < 4.78 is 18.2. The first-order chi connectivity index (χ1) is 10.9. The minimum Gasteiger partial charge on any atom is -0.453 e. The van der Waals surface area contributed by atoms with Gasteiger partial charge >= 0.3 is 6.09 Å². The van der Waals surface area contributed by atoms with Crippen molar-refractivity contribution >= 4 is 12.0 Å². The van der Waals surface area contributed by atoms with Crippen LogP contribution < -0.4 is 0 Å². The molecule has 0 bridgehead atoms. The largest absolute Gasteiger partial charge is 0.453 e. The molecule has 1 aromatic rings. The first kappa shape index (κ1) is 17.2. The molecule has 1 aliphatic heterocycles. The van der Waals surface area contributed by atoms with Crippen LogP contribution >= 0.6 is 0 Å². The second kappa shape index (κ2) is 6.98. The average Bonchev–Trinajstić information content (AvgIpc) is 2.79. The quantitative estimate of drug-likeness (QED) is 0.840. The molecule has 23 heavy (non-hydrogen) atoms. The number of nitrogens with zero attached hydrogens (tertiary/aromatic N) is 2. The Morgan fingerprint density at radius 3 is 2.43 bits per heavy atom. The van der Waals surface area contributed by atoms with Gasteiger partial charge < -0.3 is 14.5 Å². The van der Waals surface area contributed by atoms with Crippen LogP contribution in [0.25, 0.3) is 0 Å². The average molecular weight is 322 g/mol. The van der Waals surface area contributed by atoms with Crippen LogP contribution in [0, 0.1) is 5.82 Å². The third-order valence-corrected chi connectivity index (χ3v) is 4.30. The summed E-state index contributed by atoms with van der Waals surface area (Å²) in [4.78, 5) is 27.9. The van der Waals surface area contributed by atoms with Gasteiger partial charge in [0.1, 0.15) is 5.82 Å². The molecular formula is C17H23FN2O3. The highest BCUT2D eigenvalue weighted by Gasteiger charge is 2.35. The number of carbonyl (C=O) groups excluding carboxylic acids is 2. The summed E-state index contributed by atoms with van der Waals surface area (Å²) in [6, 6.07) is 6.14. The van der Waals surface area contributed by atoms with Gasteiger partial charge in [0.25, 0.3) is 0 Å². The number of hydrogen-bond acceptors (Lipinski definition) is 3. The van der Waals surface area contributed by atoms with Crippen LogP contribution in [0.1, 0.15) is 25.8 Å². The van der Waals surface area contributed by atoms with Crippen molar-refractivity contribution in [1.29, 1.82) is 0 Å². The molecule has 1 aliphatic rings. The summed E-state index contributed by atoms with van der Waals surface area (Å²) in [5, 5.41) is 0. The molecule has 1 fully saturated rings. The van der Waals surface area contributed by atoms with Gasteiger partial charge in [0.15, 0.2) is 0 Å². The van der Waals surface area contributed by atoms with Crippen molar-refractivity contribution < 1.29 is 18.7 Å². The molecule has 126 valence electrons. The van der Waals surface area contributed by atoms with Crippen molar-refractivity contribution in [3.63, 3.8) is 0 Å². The van der Waals surface area contributed by atoms with E-state index in [4.69, 9.17) is 4.74 Å². The van der Waals surface area contributed by atoms with Gasteiger partial charge in [-0.1, -0.05) is 12.1 Å². The maximum atomic E-state index is 13.5. The predicted molar refractivity (Wildman–Crippen MR) is 84.6 cm³/mol. The minimum absolute atomic E-state index is 0.0604. The maximum absolute atomic E-state index is 13.5. The Kier molecular flexibility index (Phi) is 5.23. The Hall–Kier alpha value is -2.11. The predicted octanol–water partition coefficient (Wildman–Crippen LogP) is 2.40. The molecule has 2 rings (SSSR count). The highest BCUT2D eigenvalue weighted by atomic mass is 19.1. The monoisotopic (exact) mass is 322 g/mol. The van der Waals surface area contributed by atoms with E-state index in [9.17, 15) is 14.0 Å². The van der Waals surface area contributed by atoms with E-state index in [0.717, 1.165) is 0 Å². The molecule has 6 heteroatoms. The van der Waals surface area contributed by atoms with Crippen molar-refractivity contribution in [3.8, 4) is 0 Å². The zero-order chi connectivity index (χ0) is 17.0. The fourth-order valence-electron chi connectivity index (χ4n) is 2.83. The Morgan fingerprint density at radius 1 is 1.13 bits per heavy atom. The highest BCUT2D eigenvalue weighted by Crippen LogP contribution is 2.27. The first-order valence-corrected chi connectivity index (χ1v) is 7.74. The standard InChI is InChI=1S/C17H23FN2O3/c1-17(2,13-6-4-7-14(18)12-13)15(21)19-8-5-9-20(11-10-19)16(22)23-3/h4,6-7,12H,5,8-11H2,1-3H3. The Balaban J connectivity index is 2.11. The summed E-state index contributed by atoms with van der Waals surface area (Å²) in [7, 11) is 1.35. The van der Waals surface area contributed by atoms with Gasteiger partial charge in [0.2, 0.25) is 5.91 Å². The molecule has 2 amide bonds. The summed E-state index contributed by atoms with van der Waals surface area (Å²) in [5.74, 6) is -0.411. The Morgan fingerprint density at radius 2 is 1.78 bits per heavy atom. The van der Waals surface area contributed by atoms with Gasteiger partial charge in [0.05, 0.1) is 12.5 Å². The van der Waals surface area contributed by atoms with Gasteiger partial charge in [-0.05, 0) is 38.0 Å². The SMILES string of the molecule is COC(=O)N1CCCN(C(=O)C(C)(C)c2cccc(F)c2)CC1. The molecule has 0 aromatic heterocycles. The second-order valence-corrected chi connectivity index (χ2v) is 6.24. The number of ether oxygens (including phenoxy) is 1. The first-order valence-electron chi connectivity index (χ1n) is 7.74. The van der Waals surface area contributed by atoms with Gasteiger partial charge in [-0.3, -0.25) is 4.79 Å². The highest BCUT2D eigenvalue weighted by molar-refractivity contribution is 5.87. The normalized spacial score (nSPS) is 16.0. The smallest absolute Gasteiger partial charge is 0.409 e. The number of rotatable bonds is 2. The van der Waals surface area contributed by atoms with Crippen molar-refractivity contribution in [1.82, 2.24) is 9.80 Å². The molecule has 0 aliphatic carbocycles. The van der Waals surface area contributed by atoms with Crippen molar-refractivity contribution in [3.05, 3.63) is 35.6 Å². The lowest BCUT2D eigenvalue weighted by Crippen LogP contribution is -2.45. The summed E-state index contributed by atoms with van der Waals surface area (Å²) in [6.45, 7) is 5.63. The molecule has 0 atom stereocenters. The van der Waals surface area contributed by atoms with Crippen molar-refractivity contribution in [2.75, 3.05) is 33.3 Å². The minimum atomic E-state index is -0.817. The van der Waals surface area contributed by atoms with Crippen molar-refractivity contribution in [2.45, 2.75) is 25.7 Å². The summed E-state index contributed by atoms with van der Waals surface area (Å²) in [6.07, 6.45) is 0.323. The van der Waals surface area contributed by atoms with Crippen LogP contribution in [0.5, 0.6) is 0 Å². The number of benzene rings is 1. The number of amides is 2. The third kappa shape index (κ3) is 3.81. The van der Waals surface area contributed by atoms with E-state index in [1.54, 1.807) is 35.8 Å². The molecule has 5 nitrogen and oxygen atoms in total. The van der Waals surface area contributed by atoms with E-state index >= 15 is 0 Å². The summed E-state index contributed by atoms with van der Waals surface area (Å²) in [5.41, 5.74) is -0.167. The zero-order valence-corrected chi connectivity index (χ0v) is 13.8. The van der Waals surface area contributed by atoms with E-state index in [1.165, 1.54) is 19.2 Å².